The number of allylic oxidation sites excluding steroid dienone is 1. The number of nitrogens with one attached hydrogen (secondary N) is 1. The molecule has 216 valence electrons. The van der Waals surface area contributed by atoms with Crippen molar-refractivity contribution in [1.29, 1.82) is 0 Å². The van der Waals surface area contributed by atoms with Gasteiger partial charge in [-0.3, -0.25) is 4.79 Å². The number of ether oxygens (including phenoxy) is 3. The fourth-order valence-corrected chi connectivity index (χ4v) is 5.85. The molecule has 3 aromatic rings. The van der Waals surface area contributed by atoms with E-state index in [4.69, 9.17) is 19.2 Å². The van der Waals surface area contributed by atoms with Crippen molar-refractivity contribution in [2.45, 2.75) is 32.5 Å². The molecular weight excluding hydrogens is 557 g/mol. The summed E-state index contributed by atoms with van der Waals surface area (Å²) < 4.78 is 30.4. The molecule has 0 spiro atoms. The zero-order valence-electron chi connectivity index (χ0n) is 23.4. The third-order valence-electron chi connectivity index (χ3n) is 6.91. The van der Waals surface area contributed by atoms with E-state index in [9.17, 15) is 14.0 Å². The van der Waals surface area contributed by atoms with Crippen LogP contribution in [-0.2, 0) is 27.5 Å². The second-order valence-corrected chi connectivity index (χ2v) is 10.5. The number of amides is 1. The van der Waals surface area contributed by atoms with Crippen LogP contribution in [0.4, 0.5) is 4.39 Å². The van der Waals surface area contributed by atoms with Crippen LogP contribution in [0.5, 0.6) is 11.5 Å². The lowest BCUT2D eigenvalue weighted by Crippen LogP contribution is -2.38. The molecule has 2 aliphatic rings. The van der Waals surface area contributed by atoms with E-state index in [2.05, 4.69) is 5.32 Å². The largest absolute Gasteiger partial charge is 0.493 e. The summed E-state index contributed by atoms with van der Waals surface area (Å²) in [7, 11) is 3.09. The minimum Gasteiger partial charge on any atom is -0.493 e. The molecule has 0 bridgehead atoms. The number of halogens is 1. The van der Waals surface area contributed by atoms with Gasteiger partial charge in [-0.25, -0.2) is 14.2 Å². The summed E-state index contributed by atoms with van der Waals surface area (Å²) in [6, 6.07) is 20.2. The van der Waals surface area contributed by atoms with Crippen LogP contribution in [0.2, 0.25) is 0 Å². The monoisotopic (exact) mass is 587 g/mol. The van der Waals surface area contributed by atoms with Crippen molar-refractivity contribution in [1.82, 2.24) is 10.2 Å². The van der Waals surface area contributed by atoms with Gasteiger partial charge in [0.2, 0.25) is 5.91 Å². The van der Waals surface area contributed by atoms with Gasteiger partial charge in [-0.05, 0) is 41.7 Å². The van der Waals surface area contributed by atoms with Gasteiger partial charge >= 0.3 is 5.97 Å². The molecule has 0 fully saturated rings. The number of amidine groups is 1. The molecule has 2 aliphatic heterocycles. The average Bonchev–Trinajstić information content (AvgIpc) is 3.40. The summed E-state index contributed by atoms with van der Waals surface area (Å²) in [4.78, 5) is 33.4. The van der Waals surface area contributed by atoms with Gasteiger partial charge in [0.05, 0.1) is 38.0 Å². The van der Waals surface area contributed by atoms with E-state index in [0.717, 1.165) is 11.1 Å². The molecule has 1 amide bonds. The number of benzene rings is 3. The summed E-state index contributed by atoms with van der Waals surface area (Å²) >= 11 is 1.38. The minimum absolute atomic E-state index is 0.0292. The van der Waals surface area contributed by atoms with Crippen LogP contribution in [-0.4, -0.2) is 36.2 Å². The van der Waals surface area contributed by atoms with Crippen molar-refractivity contribution in [2.75, 3.05) is 14.2 Å². The number of hydrogen-bond acceptors (Lipinski definition) is 8. The highest BCUT2D eigenvalue weighted by Crippen LogP contribution is 2.48. The first kappa shape index (κ1) is 28.9. The van der Waals surface area contributed by atoms with Gasteiger partial charge in [0, 0.05) is 17.8 Å². The van der Waals surface area contributed by atoms with Crippen LogP contribution in [0.1, 0.15) is 36.1 Å². The van der Waals surface area contributed by atoms with Gasteiger partial charge in [-0.1, -0.05) is 66.4 Å². The van der Waals surface area contributed by atoms with Gasteiger partial charge in [-0.15, -0.1) is 0 Å². The molecule has 8 nitrogen and oxygen atoms in total. The quantitative estimate of drug-likeness (QED) is 0.297. The first-order chi connectivity index (χ1) is 20.4. The smallest absolute Gasteiger partial charge is 0.338 e. The zero-order valence-corrected chi connectivity index (χ0v) is 24.2. The topological polar surface area (TPSA) is 89.5 Å². The predicted molar refractivity (Wildman–Crippen MR) is 159 cm³/mol. The summed E-state index contributed by atoms with van der Waals surface area (Å²) in [5, 5.41) is 5.38. The number of hydrogen-bond donors (Lipinski definition) is 1. The second kappa shape index (κ2) is 12.9. The molecule has 2 heterocycles. The normalized spacial score (nSPS) is 15.9. The number of carbonyl (C=O) groups is 2. The van der Waals surface area contributed by atoms with Crippen molar-refractivity contribution < 1.29 is 28.2 Å². The number of esters is 1. The molecule has 0 saturated heterocycles. The van der Waals surface area contributed by atoms with Crippen molar-refractivity contribution >= 4 is 28.8 Å². The maximum absolute atomic E-state index is 13.7. The van der Waals surface area contributed by atoms with E-state index < -0.39 is 12.0 Å². The molecule has 1 N–H and O–H groups in total. The molecular formula is C32H30FN3O5S. The average molecular weight is 588 g/mol. The Kier molecular flexibility index (Phi) is 8.92. The Morgan fingerprint density at radius 2 is 1.74 bits per heavy atom. The van der Waals surface area contributed by atoms with E-state index >= 15 is 0 Å². The number of aliphatic imine (C=N–C) groups is 1. The summed E-state index contributed by atoms with van der Waals surface area (Å²) in [5.41, 5.74) is 3.80. The van der Waals surface area contributed by atoms with Gasteiger partial charge in [0.1, 0.15) is 12.4 Å². The number of thioether (sulfide) groups is 1. The summed E-state index contributed by atoms with van der Waals surface area (Å²) in [6.07, 6.45) is 0.0292. The van der Waals surface area contributed by atoms with Crippen LogP contribution in [0.15, 0.2) is 100 Å². The van der Waals surface area contributed by atoms with Crippen molar-refractivity contribution in [3.05, 3.63) is 118 Å². The first-order valence-electron chi connectivity index (χ1n) is 13.3. The molecule has 0 aliphatic carbocycles. The number of fused-ring (bicyclic) bond motifs is 1. The first-order valence-corrected chi connectivity index (χ1v) is 14.1. The molecule has 0 aromatic heterocycles. The van der Waals surface area contributed by atoms with Crippen molar-refractivity contribution in [2.24, 2.45) is 4.99 Å². The number of carbonyl (C=O) groups excluding carboxylic acids is 2. The van der Waals surface area contributed by atoms with E-state index in [0.29, 0.717) is 39.2 Å². The Labute approximate surface area is 247 Å². The van der Waals surface area contributed by atoms with E-state index in [-0.39, 0.29) is 31.3 Å². The lowest BCUT2D eigenvalue weighted by Gasteiger charge is -2.37. The Balaban J connectivity index is 1.46. The highest BCUT2D eigenvalue weighted by Gasteiger charge is 2.42. The molecule has 0 unspecified atom stereocenters. The Bertz CT molecular complexity index is 1570. The fourth-order valence-electron chi connectivity index (χ4n) is 4.88. The van der Waals surface area contributed by atoms with Crippen LogP contribution in [0.3, 0.4) is 0 Å². The molecule has 1 atom stereocenters. The molecule has 0 saturated carbocycles. The number of nitrogens with zero attached hydrogens (tertiary/aromatic N) is 2. The summed E-state index contributed by atoms with van der Waals surface area (Å²) in [6.45, 7) is 2.12. The Hall–Kier alpha value is -4.57. The lowest BCUT2D eigenvalue weighted by molar-refractivity contribution is -0.141. The maximum Gasteiger partial charge on any atom is 0.338 e. The fraction of sp³-hybridized carbons (Fsp3) is 0.219. The standard InChI is InChI=1S/C32H30FN3O5S/c1-20-28(31(38)41-18-22-8-5-4-6-9-22)29(25-10-7-11-26(39-2)30(25)40-3)36-24(19-42-32(36)35-20)16-27(37)34-17-21-12-14-23(33)15-13-21/h4-15,19,29H,16-18H2,1-3H3,(H,34,37)/t29-/m0/s1. The number of rotatable bonds is 10. The third-order valence-corrected chi connectivity index (χ3v) is 7.79. The van der Waals surface area contributed by atoms with E-state index in [1.165, 1.54) is 23.9 Å². The van der Waals surface area contributed by atoms with Gasteiger partial charge in [0.15, 0.2) is 16.7 Å². The van der Waals surface area contributed by atoms with Gasteiger partial charge in [0.25, 0.3) is 0 Å². The van der Waals surface area contributed by atoms with Crippen LogP contribution >= 0.6 is 11.8 Å². The van der Waals surface area contributed by atoms with E-state index in [1.807, 2.05) is 52.8 Å². The van der Waals surface area contributed by atoms with Crippen molar-refractivity contribution in [3.8, 4) is 11.5 Å². The molecule has 0 radical (unpaired) electrons. The summed E-state index contributed by atoms with van der Waals surface area (Å²) in [5.74, 6) is -0.127. The van der Waals surface area contributed by atoms with Gasteiger partial charge < -0.3 is 24.4 Å². The molecule has 10 heteroatoms. The highest BCUT2D eigenvalue weighted by atomic mass is 32.2. The predicted octanol–water partition coefficient (Wildman–Crippen LogP) is 5.87. The maximum atomic E-state index is 13.7. The second-order valence-electron chi connectivity index (χ2n) is 9.62. The lowest BCUT2D eigenvalue weighted by atomic mass is 9.92. The molecule has 3 aromatic carbocycles. The highest BCUT2D eigenvalue weighted by molar-refractivity contribution is 8.16. The number of para-hydroxylation sites is 1. The minimum atomic E-state index is -0.697. The van der Waals surface area contributed by atoms with Crippen LogP contribution in [0, 0.1) is 5.82 Å². The SMILES string of the molecule is COc1cccc([C@H]2C(C(=O)OCc3ccccc3)=C(C)N=C3SC=C(CC(=O)NCc4ccc(F)cc4)N32)c1OC. The van der Waals surface area contributed by atoms with E-state index in [1.54, 1.807) is 39.3 Å². The number of methoxy groups -OCH3 is 2. The Morgan fingerprint density at radius 3 is 2.45 bits per heavy atom. The van der Waals surface area contributed by atoms with Gasteiger partial charge in [-0.2, -0.15) is 0 Å². The molecule has 5 rings (SSSR count). The molecule has 42 heavy (non-hydrogen) atoms. The zero-order chi connectivity index (χ0) is 29.6. The van der Waals surface area contributed by atoms with Crippen LogP contribution in [0.25, 0.3) is 0 Å². The third kappa shape index (κ3) is 6.18. The Morgan fingerprint density at radius 1 is 0.976 bits per heavy atom. The van der Waals surface area contributed by atoms with Crippen LogP contribution < -0.4 is 14.8 Å². The van der Waals surface area contributed by atoms with Crippen molar-refractivity contribution in [3.63, 3.8) is 0 Å².